The molecule has 0 aliphatic rings. The Balaban J connectivity index is 2.39. The first-order valence-electron chi connectivity index (χ1n) is 5.08. The minimum absolute atomic E-state index is 0.0573. The first kappa shape index (κ1) is 11.7. The molecule has 1 rings (SSSR count). The highest BCUT2D eigenvalue weighted by molar-refractivity contribution is 5.94. The van der Waals surface area contributed by atoms with E-state index in [0.29, 0.717) is 12.2 Å². The molecule has 82 valence electrons. The van der Waals surface area contributed by atoms with Gasteiger partial charge >= 0.3 is 0 Å². The molecule has 0 fully saturated rings. The van der Waals surface area contributed by atoms with Crippen molar-refractivity contribution in [3.63, 3.8) is 0 Å². The maximum atomic E-state index is 11.0. The van der Waals surface area contributed by atoms with Gasteiger partial charge in [-0.1, -0.05) is 0 Å². The molecule has 0 heterocycles. The Kier molecular flexibility index (Phi) is 4.84. The van der Waals surface area contributed by atoms with Crippen molar-refractivity contribution in [1.29, 1.82) is 0 Å². The van der Waals surface area contributed by atoms with E-state index in [-0.39, 0.29) is 12.4 Å². The van der Waals surface area contributed by atoms with E-state index in [1.807, 2.05) is 0 Å². The average Bonchev–Trinajstić information content (AvgIpc) is 2.25. The standard InChI is InChI=1S/C12H16O3/c1-10(14)11-4-6-12(7-5-11)15-9-3-2-8-13/h4-7,13H,2-3,8-9H2,1H3. The van der Waals surface area contributed by atoms with E-state index in [0.717, 1.165) is 18.6 Å². The van der Waals surface area contributed by atoms with Gasteiger partial charge in [-0.05, 0) is 44.0 Å². The molecule has 1 N–H and O–H groups in total. The molecule has 0 saturated heterocycles. The van der Waals surface area contributed by atoms with Crippen LogP contribution >= 0.6 is 0 Å². The molecule has 0 aliphatic carbocycles. The zero-order valence-corrected chi connectivity index (χ0v) is 8.90. The van der Waals surface area contributed by atoms with Gasteiger partial charge in [-0.15, -0.1) is 0 Å². The Morgan fingerprint density at radius 2 is 1.93 bits per heavy atom. The number of carbonyl (C=O) groups excluding carboxylic acids is 1. The van der Waals surface area contributed by atoms with Gasteiger partial charge in [0, 0.05) is 12.2 Å². The Morgan fingerprint density at radius 3 is 2.47 bits per heavy atom. The van der Waals surface area contributed by atoms with Gasteiger partial charge < -0.3 is 9.84 Å². The van der Waals surface area contributed by atoms with E-state index in [2.05, 4.69) is 0 Å². The maximum absolute atomic E-state index is 11.0. The predicted molar refractivity (Wildman–Crippen MR) is 58.3 cm³/mol. The fraction of sp³-hybridized carbons (Fsp3) is 0.417. The van der Waals surface area contributed by atoms with E-state index >= 15 is 0 Å². The number of Topliss-reactive ketones (excluding diaryl/α,β-unsaturated/α-hetero) is 1. The summed E-state index contributed by atoms with van der Waals surface area (Å²) in [6, 6.07) is 7.08. The molecule has 0 spiro atoms. The van der Waals surface area contributed by atoms with Crippen molar-refractivity contribution in [2.24, 2.45) is 0 Å². The van der Waals surface area contributed by atoms with Crippen molar-refractivity contribution in [2.45, 2.75) is 19.8 Å². The van der Waals surface area contributed by atoms with Crippen molar-refractivity contribution < 1.29 is 14.6 Å². The number of ketones is 1. The number of benzene rings is 1. The number of unbranched alkanes of at least 4 members (excludes halogenated alkanes) is 1. The van der Waals surface area contributed by atoms with Crippen molar-refractivity contribution in [3.05, 3.63) is 29.8 Å². The molecule has 0 bridgehead atoms. The fourth-order valence-electron chi connectivity index (χ4n) is 1.19. The Hall–Kier alpha value is -1.35. The van der Waals surface area contributed by atoms with E-state index in [4.69, 9.17) is 9.84 Å². The second-order valence-corrected chi connectivity index (χ2v) is 3.36. The van der Waals surface area contributed by atoms with Gasteiger partial charge in [0.15, 0.2) is 5.78 Å². The van der Waals surface area contributed by atoms with Crippen LogP contribution in [0.5, 0.6) is 5.75 Å². The van der Waals surface area contributed by atoms with Gasteiger partial charge in [0.1, 0.15) is 5.75 Å². The van der Waals surface area contributed by atoms with Crippen molar-refractivity contribution in [1.82, 2.24) is 0 Å². The van der Waals surface area contributed by atoms with Gasteiger partial charge in [0.05, 0.1) is 6.61 Å². The van der Waals surface area contributed by atoms with Crippen LogP contribution in [-0.2, 0) is 0 Å². The van der Waals surface area contributed by atoms with E-state index < -0.39 is 0 Å². The van der Waals surface area contributed by atoms with Crippen molar-refractivity contribution in [2.75, 3.05) is 13.2 Å². The third-order valence-electron chi connectivity index (χ3n) is 2.08. The van der Waals surface area contributed by atoms with Crippen LogP contribution in [0.15, 0.2) is 24.3 Å². The monoisotopic (exact) mass is 208 g/mol. The van der Waals surface area contributed by atoms with Gasteiger partial charge in [0.25, 0.3) is 0 Å². The number of rotatable bonds is 6. The van der Waals surface area contributed by atoms with Crippen LogP contribution in [0.3, 0.4) is 0 Å². The summed E-state index contributed by atoms with van der Waals surface area (Å²) in [4.78, 5) is 11.0. The minimum atomic E-state index is 0.0573. The van der Waals surface area contributed by atoms with Crippen LogP contribution in [0, 0.1) is 0 Å². The quantitative estimate of drug-likeness (QED) is 0.575. The Morgan fingerprint density at radius 1 is 1.27 bits per heavy atom. The molecule has 0 unspecified atom stereocenters. The highest BCUT2D eigenvalue weighted by Gasteiger charge is 1.99. The normalized spacial score (nSPS) is 10.0. The Labute approximate surface area is 89.7 Å². The SMILES string of the molecule is CC(=O)c1ccc(OCCCCO)cc1. The molecule has 0 atom stereocenters. The average molecular weight is 208 g/mol. The van der Waals surface area contributed by atoms with Crippen LogP contribution < -0.4 is 4.74 Å². The number of aliphatic hydroxyl groups is 1. The molecule has 0 aromatic heterocycles. The summed E-state index contributed by atoms with van der Waals surface area (Å²) in [5.74, 6) is 0.819. The van der Waals surface area contributed by atoms with Gasteiger partial charge in [-0.3, -0.25) is 4.79 Å². The lowest BCUT2D eigenvalue weighted by molar-refractivity contribution is 0.101. The summed E-state index contributed by atoms with van der Waals surface area (Å²) in [6.45, 7) is 2.34. The van der Waals surface area contributed by atoms with Gasteiger partial charge in [-0.2, -0.15) is 0 Å². The lowest BCUT2D eigenvalue weighted by atomic mass is 10.1. The van der Waals surface area contributed by atoms with E-state index in [9.17, 15) is 4.79 Å². The molecular formula is C12H16O3. The van der Waals surface area contributed by atoms with Crippen molar-refractivity contribution >= 4 is 5.78 Å². The fourth-order valence-corrected chi connectivity index (χ4v) is 1.19. The molecule has 0 radical (unpaired) electrons. The largest absolute Gasteiger partial charge is 0.494 e. The topological polar surface area (TPSA) is 46.5 Å². The lowest BCUT2D eigenvalue weighted by Gasteiger charge is -2.05. The van der Waals surface area contributed by atoms with Gasteiger partial charge in [-0.25, -0.2) is 0 Å². The molecule has 15 heavy (non-hydrogen) atoms. The first-order valence-corrected chi connectivity index (χ1v) is 5.08. The molecule has 3 nitrogen and oxygen atoms in total. The smallest absolute Gasteiger partial charge is 0.159 e. The van der Waals surface area contributed by atoms with Crippen LogP contribution in [0.25, 0.3) is 0 Å². The second-order valence-electron chi connectivity index (χ2n) is 3.36. The van der Waals surface area contributed by atoms with Crippen LogP contribution in [0.2, 0.25) is 0 Å². The molecule has 0 amide bonds. The number of hydrogen-bond donors (Lipinski definition) is 1. The van der Waals surface area contributed by atoms with Crippen molar-refractivity contribution in [3.8, 4) is 5.75 Å². The van der Waals surface area contributed by atoms with Crippen LogP contribution in [-0.4, -0.2) is 24.1 Å². The predicted octanol–water partition coefficient (Wildman–Crippen LogP) is 2.04. The maximum Gasteiger partial charge on any atom is 0.159 e. The summed E-state index contributed by atoms with van der Waals surface area (Å²) in [7, 11) is 0. The van der Waals surface area contributed by atoms with E-state index in [1.165, 1.54) is 6.92 Å². The zero-order valence-electron chi connectivity index (χ0n) is 8.90. The molecule has 1 aromatic rings. The molecule has 0 aliphatic heterocycles. The highest BCUT2D eigenvalue weighted by Crippen LogP contribution is 2.12. The molecule has 1 aromatic carbocycles. The van der Waals surface area contributed by atoms with Gasteiger partial charge in [0.2, 0.25) is 0 Å². The number of hydrogen-bond acceptors (Lipinski definition) is 3. The van der Waals surface area contributed by atoms with Crippen LogP contribution in [0.1, 0.15) is 30.1 Å². The molecule has 3 heteroatoms. The summed E-state index contributed by atoms with van der Waals surface area (Å²) in [5.41, 5.74) is 0.692. The first-order chi connectivity index (χ1) is 7.24. The lowest BCUT2D eigenvalue weighted by Crippen LogP contribution is -1.99. The number of carbonyl (C=O) groups is 1. The highest BCUT2D eigenvalue weighted by atomic mass is 16.5. The summed E-state index contributed by atoms with van der Waals surface area (Å²) < 4.78 is 5.42. The minimum Gasteiger partial charge on any atom is -0.494 e. The summed E-state index contributed by atoms with van der Waals surface area (Å²) in [6.07, 6.45) is 1.59. The van der Waals surface area contributed by atoms with E-state index in [1.54, 1.807) is 24.3 Å². The third-order valence-corrected chi connectivity index (χ3v) is 2.08. The van der Waals surface area contributed by atoms with Crippen LogP contribution in [0.4, 0.5) is 0 Å². The summed E-state index contributed by atoms with van der Waals surface area (Å²) >= 11 is 0. The molecule has 0 saturated carbocycles. The summed E-state index contributed by atoms with van der Waals surface area (Å²) in [5, 5.41) is 8.57. The molecular weight excluding hydrogens is 192 g/mol. The second kappa shape index (κ2) is 6.19. The zero-order chi connectivity index (χ0) is 11.1. The number of ether oxygens (including phenoxy) is 1. The third kappa shape index (κ3) is 4.13. The Bertz CT molecular complexity index is 303. The number of aliphatic hydroxyl groups excluding tert-OH is 1.